The van der Waals surface area contributed by atoms with Gasteiger partial charge in [-0.15, -0.1) is 0 Å². The number of unbranched alkanes of at least 4 members (excludes halogenated alkanes) is 1. The van der Waals surface area contributed by atoms with Crippen molar-refractivity contribution in [2.45, 2.75) is 124 Å². The fourth-order valence-electron chi connectivity index (χ4n) is 3.05. The molecule has 4 heteroatoms. The molecule has 29 heavy (non-hydrogen) atoms. The van der Waals surface area contributed by atoms with Crippen molar-refractivity contribution in [1.82, 2.24) is 0 Å². The molecule has 0 fully saturated rings. The third kappa shape index (κ3) is 7.76. The van der Waals surface area contributed by atoms with Crippen LogP contribution in [0.1, 0.15) is 107 Å². The molecule has 1 rings (SSSR count). The SMILES string of the molecule is CCC/C=C\CC(C)OP(=NC(C)(CC)CC)(OC1=CC=CCC1)C(C)(C)CC. The summed E-state index contributed by atoms with van der Waals surface area (Å²) >= 11 is 0. The second-order valence-electron chi connectivity index (χ2n) is 9.09. The predicted octanol–water partition coefficient (Wildman–Crippen LogP) is 9.19. The lowest BCUT2D eigenvalue weighted by atomic mass is 9.98. The molecule has 0 bridgehead atoms. The fourth-order valence-corrected chi connectivity index (χ4v) is 6.35. The maximum atomic E-state index is 6.88. The Morgan fingerprint density at radius 2 is 1.79 bits per heavy atom. The van der Waals surface area contributed by atoms with E-state index in [4.69, 9.17) is 13.8 Å². The quantitative estimate of drug-likeness (QED) is 0.218. The molecule has 1 aliphatic rings. The van der Waals surface area contributed by atoms with Crippen molar-refractivity contribution in [2.24, 2.45) is 4.74 Å². The Bertz CT molecular complexity index is 627. The molecule has 0 heterocycles. The minimum Gasteiger partial charge on any atom is -0.442 e. The molecule has 3 nitrogen and oxygen atoms in total. The standard InChI is InChI=1S/C25H46NO2P/c1-9-13-14-16-19-22(5)27-29(24(6,7)10-2,26-25(8,11-3)12-4)28-23-20-17-15-18-21-23/h14-17,20,22H,9-13,18-19,21H2,1-8H3/b16-14-. The first-order valence-electron chi connectivity index (χ1n) is 11.7. The second kappa shape index (κ2) is 12.2. The maximum absolute atomic E-state index is 6.88. The molecule has 168 valence electrons. The Morgan fingerprint density at radius 3 is 2.31 bits per heavy atom. The Balaban J connectivity index is 3.42. The van der Waals surface area contributed by atoms with E-state index < -0.39 is 7.51 Å². The molecule has 0 aromatic heterocycles. The zero-order valence-corrected chi connectivity index (χ0v) is 21.2. The van der Waals surface area contributed by atoms with Gasteiger partial charge in [-0.05, 0) is 72.3 Å². The number of rotatable bonds is 13. The van der Waals surface area contributed by atoms with Gasteiger partial charge in [0.05, 0.1) is 16.8 Å². The van der Waals surface area contributed by atoms with Gasteiger partial charge in [0.1, 0.15) is 5.76 Å². The van der Waals surface area contributed by atoms with Crippen LogP contribution in [0.5, 0.6) is 0 Å². The summed E-state index contributed by atoms with van der Waals surface area (Å²) in [5.41, 5.74) is -0.136. The monoisotopic (exact) mass is 423 g/mol. The van der Waals surface area contributed by atoms with Crippen LogP contribution in [0.4, 0.5) is 0 Å². The van der Waals surface area contributed by atoms with Crippen molar-refractivity contribution in [2.75, 3.05) is 0 Å². The molecule has 2 atom stereocenters. The first-order chi connectivity index (χ1) is 13.7. The van der Waals surface area contributed by atoms with E-state index in [-0.39, 0.29) is 16.8 Å². The van der Waals surface area contributed by atoms with Gasteiger partial charge >= 0.3 is 0 Å². The maximum Gasteiger partial charge on any atom is 0.269 e. The molecule has 0 saturated heterocycles. The lowest BCUT2D eigenvalue weighted by Crippen LogP contribution is -2.29. The van der Waals surface area contributed by atoms with E-state index in [0.717, 1.165) is 50.7 Å². The molecule has 0 aromatic rings. The van der Waals surface area contributed by atoms with Gasteiger partial charge in [0.25, 0.3) is 7.51 Å². The molecule has 2 unspecified atom stereocenters. The summed E-state index contributed by atoms with van der Waals surface area (Å²) < 4.78 is 19.2. The third-order valence-corrected chi connectivity index (χ3v) is 9.88. The van der Waals surface area contributed by atoms with Crippen LogP contribution in [0, 0.1) is 0 Å². The summed E-state index contributed by atoms with van der Waals surface area (Å²) in [6.45, 7) is 17.8. The largest absolute Gasteiger partial charge is 0.442 e. The van der Waals surface area contributed by atoms with E-state index in [9.17, 15) is 0 Å². The number of hydrogen-bond acceptors (Lipinski definition) is 3. The highest BCUT2D eigenvalue weighted by Gasteiger charge is 2.44. The summed E-state index contributed by atoms with van der Waals surface area (Å²) in [5, 5.41) is -0.151. The molecule has 0 spiro atoms. The first kappa shape index (κ1) is 26.2. The highest BCUT2D eigenvalue weighted by molar-refractivity contribution is 7.58. The van der Waals surface area contributed by atoms with Crippen molar-refractivity contribution >= 4 is 7.51 Å². The zero-order valence-electron chi connectivity index (χ0n) is 20.3. The van der Waals surface area contributed by atoms with E-state index in [1.165, 1.54) is 6.42 Å². The smallest absolute Gasteiger partial charge is 0.269 e. The minimum absolute atomic E-state index is 0.0729. The van der Waals surface area contributed by atoms with Crippen molar-refractivity contribution < 1.29 is 9.05 Å². The summed E-state index contributed by atoms with van der Waals surface area (Å²) in [7, 11) is -2.54. The van der Waals surface area contributed by atoms with Crippen LogP contribution >= 0.6 is 7.51 Å². The molecule has 0 radical (unpaired) electrons. The van der Waals surface area contributed by atoms with Crippen LogP contribution in [-0.4, -0.2) is 16.8 Å². The highest BCUT2D eigenvalue weighted by atomic mass is 31.2. The lowest BCUT2D eigenvalue weighted by Gasteiger charge is -2.42. The number of nitrogens with zero attached hydrogens (tertiary/aromatic N) is 1. The van der Waals surface area contributed by atoms with Gasteiger partial charge in [0.15, 0.2) is 0 Å². The molecule has 0 amide bonds. The lowest BCUT2D eigenvalue weighted by molar-refractivity contribution is 0.186. The fraction of sp³-hybridized carbons (Fsp3) is 0.760. The second-order valence-corrected chi connectivity index (χ2v) is 11.9. The van der Waals surface area contributed by atoms with Crippen molar-refractivity contribution in [3.63, 3.8) is 0 Å². The Labute approximate surface area is 181 Å². The van der Waals surface area contributed by atoms with Gasteiger partial charge in [0, 0.05) is 6.42 Å². The Morgan fingerprint density at radius 1 is 1.10 bits per heavy atom. The number of allylic oxidation sites excluding steroid dienone is 5. The molecular formula is C25H46NO2P. The Kier molecular flexibility index (Phi) is 11.0. The summed E-state index contributed by atoms with van der Waals surface area (Å²) in [6.07, 6.45) is 19.1. The highest BCUT2D eigenvalue weighted by Crippen LogP contribution is 2.68. The average Bonchev–Trinajstić information content (AvgIpc) is 2.71. The van der Waals surface area contributed by atoms with Crippen LogP contribution in [0.25, 0.3) is 0 Å². The van der Waals surface area contributed by atoms with Crippen LogP contribution in [0.2, 0.25) is 0 Å². The summed E-state index contributed by atoms with van der Waals surface area (Å²) in [6, 6.07) is 0. The van der Waals surface area contributed by atoms with E-state index >= 15 is 0 Å². The zero-order chi connectivity index (χ0) is 22.0. The van der Waals surface area contributed by atoms with Crippen molar-refractivity contribution in [1.29, 1.82) is 0 Å². The number of hydrogen-bond donors (Lipinski definition) is 0. The van der Waals surface area contributed by atoms with Crippen LogP contribution in [0.3, 0.4) is 0 Å². The predicted molar refractivity (Wildman–Crippen MR) is 129 cm³/mol. The van der Waals surface area contributed by atoms with Crippen molar-refractivity contribution in [3.8, 4) is 0 Å². The van der Waals surface area contributed by atoms with Gasteiger partial charge in [-0.25, -0.2) is 4.74 Å². The molecule has 0 N–H and O–H groups in total. The van der Waals surface area contributed by atoms with E-state index in [0.29, 0.717) is 0 Å². The normalized spacial score (nSPS) is 18.4. The molecule has 0 aromatic carbocycles. The van der Waals surface area contributed by atoms with Gasteiger partial charge in [0.2, 0.25) is 0 Å². The minimum atomic E-state index is -2.54. The van der Waals surface area contributed by atoms with Crippen molar-refractivity contribution in [3.05, 3.63) is 36.1 Å². The van der Waals surface area contributed by atoms with Crippen LogP contribution in [-0.2, 0) is 9.05 Å². The van der Waals surface area contributed by atoms with E-state index in [1.807, 2.05) is 0 Å². The molecule has 0 saturated carbocycles. The van der Waals surface area contributed by atoms with Crippen LogP contribution in [0.15, 0.2) is 40.9 Å². The molecule has 1 aliphatic carbocycles. The van der Waals surface area contributed by atoms with Gasteiger partial charge < -0.3 is 9.05 Å². The molecule has 0 aliphatic heterocycles. The van der Waals surface area contributed by atoms with Gasteiger partial charge in [-0.2, -0.15) is 0 Å². The average molecular weight is 424 g/mol. The topological polar surface area (TPSA) is 30.8 Å². The summed E-state index contributed by atoms with van der Waals surface area (Å²) in [5.74, 6) is 1.02. The van der Waals surface area contributed by atoms with E-state index in [1.54, 1.807) is 0 Å². The third-order valence-electron chi connectivity index (χ3n) is 6.16. The van der Waals surface area contributed by atoms with Crippen LogP contribution < -0.4 is 0 Å². The Hall–Kier alpha value is -0.790. The molecular weight excluding hydrogens is 377 g/mol. The first-order valence-corrected chi connectivity index (χ1v) is 13.3. The van der Waals surface area contributed by atoms with Gasteiger partial charge in [-0.1, -0.05) is 58.4 Å². The van der Waals surface area contributed by atoms with Gasteiger partial charge in [-0.3, -0.25) is 0 Å². The van der Waals surface area contributed by atoms with E-state index in [2.05, 4.69) is 85.8 Å². The summed E-state index contributed by atoms with van der Waals surface area (Å²) in [4.78, 5) is 0.